The molecule has 0 bridgehead atoms. The summed E-state index contributed by atoms with van der Waals surface area (Å²) < 4.78 is 21.5. The Bertz CT molecular complexity index is 1070. The standard InChI is InChI=1S/C24H26N2O5/c1-6-31-24(27)15(2)22(17-9-10-19-16(12-17)8-7-11-25-19)26-18-13-20(28-3)23(30-5)21(14-18)29-4/h7-14,22,26H,2,6H2,1,3-5H3/t22-/m1/s1. The van der Waals surface area contributed by atoms with Crippen molar-refractivity contribution in [2.75, 3.05) is 33.3 Å². The third-order valence-corrected chi connectivity index (χ3v) is 4.82. The van der Waals surface area contributed by atoms with Crippen LogP contribution in [0.5, 0.6) is 17.2 Å². The number of nitrogens with zero attached hydrogens (tertiary/aromatic N) is 1. The van der Waals surface area contributed by atoms with E-state index in [2.05, 4.69) is 16.9 Å². The molecule has 0 saturated carbocycles. The number of nitrogens with one attached hydrogen (secondary N) is 1. The zero-order chi connectivity index (χ0) is 22.4. The molecule has 31 heavy (non-hydrogen) atoms. The van der Waals surface area contributed by atoms with Crippen molar-refractivity contribution in [3.8, 4) is 17.2 Å². The molecule has 0 amide bonds. The zero-order valence-electron chi connectivity index (χ0n) is 18.1. The Kier molecular flexibility index (Phi) is 6.97. The van der Waals surface area contributed by atoms with E-state index in [1.165, 1.54) is 0 Å². The van der Waals surface area contributed by atoms with Crippen LogP contribution in [0.3, 0.4) is 0 Å². The molecule has 0 unspecified atom stereocenters. The molecule has 0 fully saturated rings. The largest absolute Gasteiger partial charge is 0.493 e. The number of pyridine rings is 1. The molecule has 0 aliphatic heterocycles. The van der Waals surface area contributed by atoms with Gasteiger partial charge in [-0.05, 0) is 30.7 Å². The van der Waals surface area contributed by atoms with Gasteiger partial charge in [-0.15, -0.1) is 0 Å². The van der Waals surface area contributed by atoms with Crippen molar-refractivity contribution in [1.29, 1.82) is 0 Å². The Balaban J connectivity index is 2.06. The molecule has 0 aliphatic carbocycles. The summed E-state index contributed by atoms with van der Waals surface area (Å²) in [6.07, 6.45) is 1.74. The van der Waals surface area contributed by atoms with Crippen molar-refractivity contribution in [2.45, 2.75) is 13.0 Å². The Morgan fingerprint density at radius 1 is 1.06 bits per heavy atom. The normalized spacial score (nSPS) is 11.5. The van der Waals surface area contributed by atoms with Gasteiger partial charge in [-0.25, -0.2) is 4.79 Å². The van der Waals surface area contributed by atoms with Crippen molar-refractivity contribution >= 4 is 22.6 Å². The quantitative estimate of drug-likeness (QED) is 0.401. The van der Waals surface area contributed by atoms with Crippen molar-refractivity contribution in [3.63, 3.8) is 0 Å². The molecule has 7 nitrogen and oxygen atoms in total. The number of fused-ring (bicyclic) bond motifs is 1. The number of esters is 1. The first-order chi connectivity index (χ1) is 15.0. The Morgan fingerprint density at radius 3 is 2.39 bits per heavy atom. The molecule has 0 aliphatic rings. The van der Waals surface area contributed by atoms with E-state index in [-0.39, 0.29) is 12.2 Å². The van der Waals surface area contributed by atoms with Crippen LogP contribution in [0.1, 0.15) is 18.5 Å². The van der Waals surface area contributed by atoms with Gasteiger partial charge in [0.2, 0.25) is 5.75 Å². The second-order valence-electron chi connectivity index (χ2n) is 6.69. The lowest BCUT2D eigenvalue weighted by Crippen LogP contribution is -2.20. The molecule has 0 radical (unpaired) electrons. The van der Waals surface area contributed by atoms with Gasteiger partial charge in [0.25, 0.3) is 0 Å². The Morgan fingerprint density at radius 2 is 1.77 bits per heavy atom. The average Bonchev–Trinajstić information content (AvgIpc) is 2.81. The lowest BCUT2D eigenvalue weighted by molar-refractivity contribution is -0.138. The minimum Gasteiger partial charge on any atom is -0.493 e. The summed E-state index contributed by atoms with van der Waals surface area (Å²) in [5.41, 5.74) is 2.64. The molecule has 2 aromatic carbocycles. The number of rotatable bonds is 9. The fourth-order valence-corrected chi connectivity index (χ4v) is 3.32. The molecule has 0 spiro atoms. The summed E-state index contributed by atoms with van der Waals surface area (Å²) in [5, 5.41) is 4.32. The van der Waals surface area contributed by atoms with Gasteiger partial charge < -0.3 is 24.3 Å². The number of aromatic nitrogens is 1. The lowest BCUT2D eigenvalue weighted by atomic mass is 9.97. The van der Waals surface area contributed by atoms with Crippen molar-refractivity contribution in [1.82, 2.24) is 4.98 Å². The number of anilines is 1. The van der Waals surface area contributed by atoms with Gasteiger partial charge in [-0.1, -0.05) is 18.7 Å². The molecule has 1 heterocycles. The summed E-state index contributed by atoms with van der Waals surface area (Å²) in [6.45, 7) is 6.02. The molecule has 1 aromatic heterocycles. The predicted octanol–water partition coefficient (Wildman–Crippen LogP) is 4.53. The zero-order valence-corrected chi connectivity index (χ0v) is 18.1. The maximum absolute atomic E-state index is 12.5. The van der Waals surface area contributed by atoms with Gasteiger partial charge in [-0.3, -0.25) is 4.98 Å². The highest BCUT2D eigenvalue weighted by Gasteiger charge is 2.24. The van der Waals surface area contributed by atoms with Gasteiger partial charge in [0.1, 0.15) is 0 Å². The molecular formula is C24H26N2O5. The number of ether oxygens (including phenoxy) is 4. The third kappa shape index (κ3) is 4.71. The first-order valence-electron chi connectivity index (χ1n) is 9.79. The van der Waals surface area contributed by atoms with E-state index in [0.29, 0.717) is 22.9 Å². The molecule has 3 aromatic rings. The van der Waals surface area contributed by atoms with Crippen LogP contribution in [-0.2, 0) is 9.53 Å². The maximum atomic E-state index is 12.5. The Labute approximate surface area is 181 Å². The van der Waals surface area contributed by atoms with Crippen LogP contribution in [0.2, 0.25) is 0 Å². The maximum Gasteiger partial charge on any atom is 0.335 e. The summed E-state index contributed by atoms with van der Waals surface area (Å²) in [5.74, 6) is 0.993. The minimum absolute atomic E-state index is 0.260. The highest BCUT2D eigenvalue weighted by molar-refractivity contribution is 5.91. The molecule has 162 valence electrons. The molecule has 0 saturated heterocycles. The SMILES string of the molecule is C=C(C(=O)OCC)[C@@H](Nc1cc(OC)c(OC)c(OC)c1)c1ccc2ncccc2c1. The fraction of sp³-hybridized carbons (Fsp3) is 0.250. The molecule has 1 atom stereocenters. The van der Waals surface area contributed by atoms with E-state index < -0.39 is 12.0 Å². The van der Waals surface area contributed by atoms with E-state index in [1.807, 2.05) is 30.3 Å². The summed E-state index contributed by atoms with van der Waals surface area (Å²) in [7, 11) is 4.64. The van der Waals surface area contributed by atoms with Gasteiger partial charge >= 0.3 is 5.97 Å². The summed E-state index contributed by atoms with van der Waals surface area (Å²) in [4.78, 5) is 16.9. The van der Waals surface area contributed by atoms with Crippen LogP contribution < -0.4 is 19.5 Å². The summed E-state index contributed by atoms with van der Waals surface area (Å²) >= 11 is 0. The second-order valence-corrected chi connectivity index (χ2v) is 6.69. The minimum atomic E-state index is -0.550. The summed E-state index contributed by atoms with van der Waals surface area (Å²) in [6, 6.07) is 12.6. The number of methoxy groups -OCH3 is 3. The molecule has 3 rings (SSSR count). The first kappa shape index (κ1) is 22.0. The second kappa shape index (κ2) is 9.84. The van der Waals surface area contributed by atoms with Crippen LogP contribution in [0.4, 0.5) is 5.69 Å². The molecular weight excluding hydrogens is 396 g/mol. The highest BCUT2D eigenvalue weighted by atomic mass is 16.5. The topological polar surface area (TPSA) is 78.9 Å². The average molecular weight is 422 g/mol. The van der Waals surface area contributed by atoms with E-state index in [4.69, 9.17) is 18.9 Å². The molecule has 7 heteroatoms. The van der Waals surface area contributed by atoms with Gasteiger partial charge in [-0.2, -0.15) is 0 Å². The van der Waals surface area contributed by atoms with Crippen LogP contribution in [0, 0.1) is 0 Å². The smallest absolute Gasteiger partial charge is 0.335 e. The first-order valence-corrected chi connectivity index (χ1v) is 9.79. The van der Waals surface area contributed by atoms with Gasteiger partial charge in [0, 0.05) is 29.4 Å². The van der Waals surface area contributed by atoms with Crippen LogP contribution in [0.25, 0.3) is 10.9 Å². The predicted molar refractivity (Wildman–Crippen MR) is 120 cm³/mol. The van der Waals surface area contributed by atoms with Crippen LogP contribution >= 0.6 is 0 Å². The van der Waals surface area contributed by atoms with E-state index in [0.717, 1.165) is 16.5 Å². The van der Waals surface area contributed by atoms with Crippen LogP contribution in [0.15, 0.2) is 60.8 Å². The lowest BCUT2D eigenvalue weighted by Gasteiger charge is -2.23. The number of hydrogen-bond acceptors (Lipinski definition) is 7. The van der Waals surface area contributed by atoms with Crippen LogP contribution in [-0.4, -0.2) is 38.9 Å². The van der Waals surface area contributed by atoms with Gasteiger partial charge in [0.15, 0.2) is 11.5 Å². The number of carbonyl (C=O) groups excluding carboxylic acids is 1. The highest BCUT2D eigenvalue weighted by Crippen LogP contribution is 2.41. The Hall–Kier alpha value is -3.74. The van der Waals surface area contributed by atoms with E-state index >= 15 is 0 Å². The monoisotopic (exact) mass is 422 g/mol. The van der Waals surface area contributed by atoms with Crippen molar-refractivity contribution in [2.24, 2.45) is 0 Å². The van der Waals surface area contributed by atoms with Crippen molar-refractivity contribution in [3.05, 3.63) is 66.4 Å². The molecule has 1 N–H and O–H groups in total. The number of carbonyl (C=O) groups is 1. The number of hydrogen-bond donors (Lipinski definition) is 1. The van der Waals surface area contributed by atoms with E-state index in [9.17, 15) is 4.79 Å². The third-order valence-electron chi connectivity index (χ3n) is 4.82. The number of benzene rings is 2. The van der Waals surface area contributed by atoms with E-state index in [1.54, 1.807) is 46.6 Å². The fourth-order valence-electron chi connectivity index (χ4n) is 3.32. The van der Waals surface area contributed by atoms with Gasteiger partial charge in [0.05, 0.1) is 45.1 Å². The van der Waals surface area contributed by atoms with Crippen molar-refractivity contribution < 1.29 is 23.7 Å².